The molecule has 0 aliphatic heterocycles. The van der Waals surface area contributed by atoms with E-state index in [0.29, 0.717) is 0 Å². The van der Waals surface area contributed by atoms with Crippen molar-refractivity contribution in [1.29, 1.82) is 0 Å². The van der Waals surface area contributed by atoms with Gasteiger partial charge < -0.3 is 0 Å². The molecule has 0 heteroatoms. The van der Waals surface area contributed by atoms with Crippen LogP contribution >= 0.6 is 0 Å². The molecule has 0 saturated heterocycles. The fourth-order valence-corrected chi connectivity index (χ4v) is 1.00. The molecule has 0 atom stereocenters. The van der Waals surface area contributed by atoms with Gasteiger partial charge in [0.1, 0.15) is 0 Å². The average Bonchev–Trinajstić information content (AvgIpc) is 2.18. The Labute approximate surface area is 80.7 Å². The van der Waals surface area contributed by atoms with E-state index in [2.05, 4.69) is 48.6 Å². The number of hydrogen-bond donors (Lipinski definition) is 0. The van der Waals surface area contributed by atoms with Crippen LogP contribution in [0.5, 0.6) is 0 Å². The van der Waals surface area contributed by atoms with E-state index in [1.54, 1.807) is 0 Å². The van der Waals surface area contributed by atoms with Crippen molar-refractivity contribution in [2.24, 2.45) is 0 Å². The lowest BCUT2D eigenvalue weighted by Crippen LogP contribution is -1.59. The van der Waals surface area contributed by atoms with Crippen LogP contribution in [0.25, 0.3) is 0 Å². The van der Waals surface area contributed by atoms with Crippen LogP contribution < -0.4 is 0 Å². The maximum absolute atomic E-state index is 3.17. The average molecular weight is 171 g/mol. The number of rotatable bonds is 0. The second-order valence-electron chi connectivity index (χ2n) is 2.80. The summed E-state index contributed by atoms with van der Waals surface area (Å²) < 4.78 is 0. The predicted octanol–water partition coefficient (Wildman–Crippen LogP) is 3.75. The maximum atomic E-state index is 3.17. The number of allylic oxidation sites excluding steroid dienone is 10. The molecule has 1 radical (unpaired) electrons. The molecule has 0 spiro atoms. The molecular formula is C13H15. The van der Waals surface area contributed by atoms with Gasteiger partial charge in [-0.05, 0) is 25.3 Å². The lowest BCUT2D eigenvalue weighted by atomic mass is 10.3. The summed E-state index contributed by atoms with van der Waals surface area (Å²) in [6.45, 7) is 0. The Bertz CT molecular complexity index is 223. The molecule has 0 heterocycles. The van der Waals surface area contributed by atoms with E-state index in [0.717, 1.165) is 19.3 Å². The van der Waals surface area contributed by atoms with Crippen LogP contribution in [0.15, 0.2) is 54.7 Å². The molecule has 0 aromatic heterocycles. The molecule has 0 bridgehead atoms. The van der Waals surface area contributed by atoms with Crippen LogP contribution in [-0.2, 0) is 0 Å². The van der Waals surface area contributed by atoms with Crippen molar-refractivity contribution in [3.05, 3.63) is 60.8 Å². The molecule has 0 amide bonds. The molecule has 67 valence electrons. The molecule has 1 aliphatic rings. The lowest BCUT2D eigenvalue weighted by molar-refractivity contribution is 1.31. The molecule has 0 fully saturated rings. The quantitative estimate of drug-likeness (QED) is 0.487. The van der Waals surface area contributed by atoms with Gasteiger partial charge in [-0.25, -0.2) is 0 Å². The zero-order valence-electron chi connectivity index (χ0n) is 7.82. The van der Waals surface area contributed by atoms with Crippen LogP contribution in [0.4, 0.5) is 0 Å². The van der Waals surface area contributed by atoms with Gasteiger partial charge in [0.2, 0.25) is 0 Å². The summed E-state index contributed by atoms with van der Waals surface area (Å²) in [6.07, 6.45) is 25.0. The largest absolute Gasteiger partial charge is 0.0844 e. The minimum atomic E-state index is 0.891. The van der Waals surface area contributed by atoms with Crippen LogP contribution in [0.3, 0.4) is 0 Å². The third-order valence-corrected chi connectivity index (χ3v) is 1.68. The molecule has 0 aromatic carbocycles. The third-order valence-electron chi connectivity index (χ3n) is 1.68. The number of hydrogen-bond acceptors (Lipinski definition) is 0. The molecule has 13 heavy (non-hydrogen) atoms. The second kappa shape index (κ2) is 7.35. The van der Waals surface area contributed by atoms with Gasteiger partial charge in [-0.1, -0.05) is 54.7 Å². The fraction of sp³-hybridized carbons (Fsp3) is 0.231. The Hall–Kier alpha value is -1.30. The normalized spacial score (nSPS) is 30.2. The van der Waals surface area contributed by atoms with Crippen LogP contribution in [0.2, 0.25) is 0 Å². The molecule has 0 aromatic rings. The minimum absolute atomic E-state index is 0.891. The summed E-state index contributed by atoms with van der Waals surface area (Å²) in [5.74, 6) is 0. The molecule has 0 saturated carbocycles. The molecule has 0 unspecified atom stereocenters. The van der Waals surface area contributed by atoms with E-state index in [1.165, 1.54) is 0 Å². The first kappa shape index (κ1) is 9.79. The highest BCUT2D eigenvalue weighted by atomic mass is 13.8. The Balaban J connectivity index is 2.49. The molecule has 0 nitrogen and oxygen atoms in total. The van der Waals surface area contributed by atoms with Gasteiger partial charge in [0.15, 0.2) is 0 Å². The Morgan fingerprint density at radius 1 is 0.692 bits per heavy atom. The van der Waals surface area contributed by atoms with Gasteiger partial charge in [0, 0.05) is 0 Å². The van der Waals surface area contributed by atoms with E-state index in [1.807, 2.05) is 12.2 Å². The predicted molar refractivity (Wildman–Crippen MR) is 58.2 cm³/mol. The van der Waals surface area contributed by atoms with Gasteiger partial charge in [0.25, 0.3) is 0 Å². The van der Waals surface area contributed by atoms with Gasteiger partial charge in [-0.15, -0.1) is 0 Å². The highest BCUT2D eigenvalue weighted by Gasteiger charge is 1.74. The van der Waals surface area contributed by atoms with Crippen molar-refractivity contribution in [2.45, 2.75) is 19.3 Å². The zero-order chi connectivity index (χ0) is 9.19. The monoisotopic (exact) mass is 171 g/mol. The van der Waals surface area contributed by atoms with Gasteiger partial charge >= 0.3 is 0 Å². The molecule has 0 N–H and O–H groups in total. The van der Waals surface area contributed by atoms with Crippen molar-refractivity contribution in [3.8, 4) is 0 Å². The van der Waals surface area contributed by atoms with Crippen molar-refractivity contribution in [3.63, 3.8) is 0 Å². The van der Waals surface area contributed by atoms with Crippen molar-refractivity contribution in [2.75, 3.05) is 0 Å². The van der Waals surface area contributed by atoms with E-state index in [9.17, 15) is 0 Å². The Morgan fingerprint density at radius 3 is 2.23 bits per heavy atom. The first-order valence-electron chi connectivity index (χ1n) is 4.68. The van der Waals surface area contributed by atoms with E-state index in [4.69, 9.17) is 0 Å². The van der Waals surface area contributed by atoms with E-state index < -0.39 is 0 Å². The maximum Gasteiger partial charge on any atom is -0.00915 e. The molecule has 1 rings (SSSR count). The van der Waals surface area contributed by atoms with Gasteiger partial charge in [-0.2, -0.15) is 0 Å². The fourth-order valence-electron chi connectivity index (χ4n) is 1.00. The summed E-state index contributed by atoms with van der Waals surface area (Å²) in [5.41, 5.74) is 0. The molecule has 1 aliphatic carbocycles. The van der Waals surface area contributed by atoms with Crippen molar-refractivity contribution >= 4 is 0 Å². The summed E-state index contributed by atoms with van der Waals surface area (Å²) in [5, 5.41) is 0. The smallest absolute Gasteiger partial charge is 0.00915 e. The highest BCUT2D eigenvalue weighted by molar-refractivity contribution is 5.09. The summed E-state index contributed by atoms with van der Waals surface area (Å²) in [7, 11) is 0. The summed E-state index contributed by atoms with van der Waals surface area (Å²) >= 11 is 0. The van der Waals surface area contributed by atoms with E-state index >= 15 is 0 Å². The first-order chi connectivity index (χ1) is 6.50. The van der Waals surface area contributed by atoms with Crippen LogP contribution in [0, 0.1) is 6.08 Å². The topological polar surface area (TPSA) is 0 Å². The van der Waals surface area contributed by atoms with E-state index in [-0.39, 0.29) is 0 Å². The first-order valence-corrected chi connectivity index (χ1v) is 4.68. The van der Waals surface area contributed by atoms with Gasteiger partial charge in [-0.3, -0.25) is 0 Å². The second-order valence-corrected chi connectivity index (χ2v) is 2.80. The summed E-state index contributed by atoms with van der Waals surface area (Å²) in [4.78, 5) is 0. The third kappa shape index (κ3) is 5.92. The Kier molecular flexibility index (Phi) is 5.54. The summed E-state index contributed by atoms with van der Waals surface area (Å²) in [6, 6.07) is 0. The molecular weight excluding hydrogens is 156 g/mol. The van der Waals surface area contributed by atoms with Crippen LogP contribution in [0.1, 0.15) is 19.3 Å². The van der Waals surface area contributed by atoms with Gasteiger partial charge in [0.05, 0.1) is 0 Å². The highest BCUT2D eigenvalue weighted by Crippen LogP contribution is 1.94. The lowest BCUT2D eigenvalue weighted by Gasteiger charge is -1.80. The van der Waals surface area contributed by atoms with Crippen molar-refractivity contribution < 1.29 is 0 Å². The standard InChI is InChI=1S/C13H15/c1-2-4-6-8-10-12-13-11-9-7-5-3-1/h1-4,7,9-10,12-13H,5-6,11H2/b3-1-,4-2+,9-7-,10-8?,13-12-. The SMILES string of the molecule is [C]1=C/C=C\C/C=C\C/C=C\C=C\C/1. The Morgan fingerprint density at radius 2 is 1.38 bits per heavy atom. The zero-order valence-corrected chi connectivity index (χ0v) is 7.82. The van der Waals surface area contributed by atoms with Crippen molar-refractivity contribution in [1.82, 2.24) is 0 Å². The minimum Gasteiger partial charge on any atom is -0.0844 e. The van der Waals surface area contributed by atoms with Crippen LogP contribution in [-0.4, -0.2) is 0 Å².